The molecular weight excluding hydrogens is 296 g/mol. The van der Waals surface area contributed by atoms with E-state index in [4.69, 9.17) is 4.52 Å². The first-order chi connectivity index (χ1) is 8.56. The van der Waals surface area contributed by atoms with Gasteiger partial charge in [0, 0.05) is 10.9 Å². The second-order valence-electron chi connectivity index (χ2n) is 4.38. The molecule has 4 nitrogen and oxygen atoms in total. The minimum Gasteiger partial charge on any atom is -0.393 e. The minimum atomic E-state index is -0.496. The Labute approximate surface area is 114 Å². The van der Waals surface area contributed by atoms with Gasteiger partial charge in [-0.05, 0) is 24.6 Å². The molecule has 18 heavy (non-hydrogen) atoms. The molecule has 0 fully saturated rings. The molecule has 1 N–H and O–H groups in total. The third-order valence-corrected chi connectivity index (χ3v) is 3.34. The maximum Gasteiger partial charge on any atom is 0.232 e. The van der Waals surface area contributed by atoms with Gasteiger partial charge in [-0.1, -0.05) is 40.1 Å². The summed E-state index contributed by atoms with van der Waals surface area (Å²) in [6.07, 6.45) is 0.124. The average molecular weight is 311 g/mol. The molecule has 0 radical (unpaired) electrons. The molecule has 0 aliphatic heterocycles. The number of halogens is 1. The van der Waals surface area contributed by atoms with Gasteiger partial charge in [-0.15, -0.1) is 0 Å². The summed E-state index contributed by atoms with van der Waals surface area (Å²) in [5.74, 6) is 0.972. The molecule has 2 rings (SSSR count). The summed E-state index contributed by atoms with van der Waals surface area (Å²) in [6.45, 7) is 3.57. The van der Waals surface area contributed by atoms with E-state index in [1.54, 1.807) is 6.92 Å². The van der Waals surface area contributed by atoms with E-state index in [0.717, 1.165) is 10.0 Å². The highest BCUT2D eigenvalue weighted by atomic mass is 79.9. The van der Waals surface area contributed by atoms with Gasteiger partial charge in [-0.25, -0.2) is 0 Å². The lowest BCUT2D eigenvalue weighted by atomic mass is 10.1. The topological polar surface area (TPSA) is 59.2 Å². The van der Waals surface area contributed by atoms with Crippen LogP contribution in [0.15, 0.2) is 33.3 Å². The second kappa shape index (κ2) is 5.63. The van der Waals surface area contributed by atoms with E-state index in [-0.39, 0.29) is 5.92 Å². The summed E-state index contributed by atoms with van der Waals surface area (Å²) < 4.78 is 6.19. The smallest absolute Gasteiger partial charge is 0.232 e. The summed E-state index contributed by atoms with van der Waals surface area (Å²) in [5.41, 5.74) is 1.11. The number of aliphatic hydroxyl groups excluding tert-OH is 1. The molecule has 2 atom stereocenters. The summed E-state index contributed by atoms with van der Waals surface area (Å²) in [7, 11) is 0. The van der Waals surface area contributed by atoms with Crippen molar-refractivity contribution in [2.45, 2.75) is 32.3 Å². The lowest BCUT2D eigenvalue weighted by Gasteiger charge is -2.07. The maximum atomic E-state index is 9.48. The van der Waals surface area contributed by atoms with E-state index >= 15 is 0 Å². The van der Waals surface area contributed by atoms with Crippen molar-refractivity contribution >= 4 is 15.9 Å². The van der Waals surface area contributed by atoms with Crippen molar-refractivity contribution in [2.75, 3.05) is 0 Å². The van der Waals surface area contributed by atoms with Gasteiger partial charge in [0.05, 0.1) is 12.0 Å². The predicted octanol–water partition coefficient (Wildman–Crippen LogP) is 2.91. The van der Waals surface area contributed by atoms with E-state index in [1.807, 2.05) is 31.2 Å². The van der Waals surface area contributed by atoms with Gasteiger partial charge in [0.2, 0.25) is 5.89 Å². The fourth-order valence-corrected chi connectivity index (χ4v) is 2.01. The first-order valence-corrected chi connectivity index (χ1v) is 6.60. The highest BCUT2D eigenvalue weighted by molar-refractivity contribution is 9.10. The van der Waals surface area contributed by atoms with Crippen LogP contribution in [0.4, 0.5) is 0 Å². The van der Waals surface area contributed by atoms with Crippen LogP contribution in [0.25, 0.3) is 0 Å². The summed E-state index contributed by atoms with van der Waals surface area (Å²) in [4.78, 5) is 4.30. The Morgan fingerprint density at radius 3 is 2.83 bits per heavy atom. The zero-order valence-electron chi connectivity index (χ0n) is 10.3. The third-order valence-electron chi connectivity index (χ3n) is 2.85. The third kappa shape index (κ3) is 3.17. The first-order valence-electron chi connectivity index (χ1n) is 5.81. The van der Waals surface area contributed by atoms with E-state index in [2.05, 4.69) is 26.1 Å². The Balaban J connectivity index is 2.11. The van der Waals surface area contributed by atoms with Gasteiger partial charge in [0.15, 0.2) is 5.82 Å². The van der Waals surface area contributed by atoms with Crippen molar-refractivity contribution in [3.63, 3.8) is 0 Å². The zero-order valence-corrected chi connectivity index (χ0v) is 11.9. The number of rotatable bonds is 4. The fraction of sp³-hybridized carbons (Fsp3) is 0.385. The number of benzene rings is 1. The number of aromatic nitrogens is 2. The Morgan fingerprint density at radius 1 is 1.39 bits per heavy atom. The molecule has 0 spiro atoms. The average Bonchev–Trinajstić information content (AvgIpc) is 2.76. The fourth-order valence-electron chi connectivity index (χ4n) is 1.56. The van der Waals surface area contributed by atoms with Crippen molar-refractivity contribution in [2.24, 2.45) is 0 Å². The van der Waals surface area contributed by atoms with Gasteiger partial charge in [-0.2, -0.15) is 4.98 Å². The van der Waals surface area contributed by atoms with Gasteiger partial charge >= 0.3 is 0 Å². The quantitative estimate of drug-likeness (QED) is 0.943. The van der Waals surface area contributed by atoms with Crippen LogP contribution in [0.2, 0.25) is 0 Å². The molecule has 0 aliphatic rings. The highest BCUT2D eigenvalue weighted by Gasteiger charge is 2.18. The number of hydrogen-bond acceptors (Lipinski definition) is 4. The Hall–Kier alpha value is -1.20. The van der Waals surface area contributed by atoms with Crippen LogP contribution in [0, 0.1) is 0 Å². The van der Waals surface area contributed by atoms with Crippen molar-refractivity contribution in [3.8, 4) is 0 Å². The molecule has 2 unspecified atom stereocenters. The summed E-state index contributed by atoms with van der Waals surface area (Å²) in [6, 6.07) is 7.98. The van der Waals surface area contributed by atoms with Crippen molar-refractivity contribution in [1.29, 1.82) is 0 Å². The SMILES string of the molecule is CC(O)C(C)c1nc(Cc2cccc(Br)c2)no1. The van der Waals surface area contributed by atoms with Crippen molar-refractivity contribution in [1.82, 2.24) is 10.1 Å². The van der Waals surface area contributed by atoms with E-state index < -0.39 is 6.10 Å². The molecule has 1 aromatic heterocycles. The molecule has 0 aliphatic carbocycles. The lowest BCUT2D eigenvalue weighted by molar-refractivity contribution is 0.151. The normalized spacial score (nSPS) is 14.4. The second-order valence-corrected chi connectivity index (χ2v) is 5.30. The molecule has 0 saturated heterocycles. The van der Waals surface area contributed by atoms with Gasteiger partial charge in [0.1, 0.15) is 0 Å². The molecule has 1 aromatic carbocycles. The number of hydrogen-bond donors (Lipinski definition) is 1. The largest absolute Gasteiger partial charge is 0.393 e. The van der Waals surface area contributed by atoms with E-state index in [0.29, 0.717) is 18.1 Å². The van der Waals surface area contributed by atoms with E-state index in [1.165, 1.54) is 0 Å². The summed E-state index contributed by atoms with van der Waals surface area (Å²) in [5, 5.41) is 13.4. The lowest BCUT2D eigenvalue weighted by Crippen LogP contribution is -2.11. The van der Waals surface area contributed by atoms with Crippen LogP contribution >= 0.6 is 15.9 Å². The number of aliphatic hydroxyl groups is 1. The predicted molar refractivity (Wildman–Crippen MR) is 71.3 cm³/mol. The van der Waals surface area contributed by atoms with Gasteiger partial charge < -0.3 is 9.63 Å². The molecule has 0 amide bonds. The van der Waals surface area contributed by atoms with Gasteiger partial charge in [0.25, 0.3) is 0 Å². The molecule has 1 heterocycles. The Bertz CT molecular complexity index is 525. The first kappa shape index (κ1) is 13.2. The summed E-state index contributed by atoms with van der Waals surface area (Å²) >= 11 is 3.43. The van der Waals surface area contributed by atoms with Crippen LogP contribution in [-0.4, -0.2) is 21.4 Å². The molecule has 0 saturated carbocycles. The molecule has 96 valence electrons. The molecule has 5 heteroatoms. The van der Waals surface area contributed by atoms with E-state index in [9.17, 15) is 5.11 Å². The standard InChI is InChI=1S/C13H15BrN2O2/c1-8(9(2)17)13-15-12(16-18-13)7-10-4-3-5-11(14)6-10/h3-6,8-9,17H,7H2,1-2H3. The van der Waals surface area contributed by atoms with Crippen molar-refractivity contribution in [3.05, 3.63) is 46.0 Å². The molecule has 2 aromatic rings. The van der Waals surface area contributed by atoms with Crippen LogP contribution < -0.4 is 0 Å². The van der Waals surface area contributed by atoms with Gasteiger partial charge in [-0.3, -0.25) is 0 Å². The van der Waals surface area contributed by atoms with Crippen LogP contribution in [0.1, 0.15) is 37.0 Å². The minimum absolute atomic E-state index is 0.145. The zero-order chi connectivity index (χ0) is 13.1. The maximum absolute atomic E-state index is 9.48. The van der Waals surface area contributed by atoms with Crippen LogP contribution in [0.3, 0.4) is 0 Å². The van der Waals surface area contributed by atoms with Crippen LogP contribution in [0.5, 0.6) is 0 Å². The molecular formula is C13H15BrN2O2. The molecule has 0 bridgehead atoms. The monoisotopic (exact) mass is 310 g/mol. The van der Waals surface area contributed by atoms with Crippen molar-refractivity contribution < 1.29 is 9.63 Å². The van der Waals surface area contributed by atoms with Crippen LogP contribution in [-0.2, 0) is 6.42 Å². The Kier molecular flexibility index (Phi) is 4.14. The Morgan fingerprint density at radius 2 is 2.17 bits per heavy atom. The highest BCUT2D eigenvalue weighted by Crippen LogP contribution is 2.18. The number of nitrogens with zero attached hydrogens (tertiary/aromatic N) is 2.